The minimum atomic E-state index is -3.60. The second-order valence-electron chi connectivity index (χ2n) is 6.54. The zero-order valence-electron chi connectivity index (χ0n) is 16.0. The van der Waals surface area contributed by atoms with Crippen molar-refractivity contribution in [3.05, 3.63) is 53.6 Å². The number of hydrogen-bond donors (Lipinski definition) is 1. The summed E-state index contributed by atoms with van der Waals surface area (Å²) in [5.74, 6) is -0.138. The predicted octanol–water partition coefficient (Wildman–Crippen LogP) is 1.90. The molecular weight excluding hydrogens is 398 g/mol. The van der Waals surface area contributed by atoms with E-state index in [9.17, 15) is 18.0 Å². The number of esters is 1. The molecule has 1 aliphatic rings. The molecule has 0 aromatic heterocycles. The highest BCUT2D eigenvalue weighted by atomic mass is 32.2. The highest BCUT2D eigenvalue weighted by molar-refractivity contribution is 7.90. The first-order valence-electron chi connectivity index (χ1n) is 8.91. The van der Waals surface area contributed by atoms with Crippen LogP contribution in [0.1, 0.15) is 28.9 Å². The third kappa shape index (κ3) is 5.05. The van der Waals surface area contributed by atoms with Crippen molar-refractivity contribution >= 4 is 21.7 Å². The molecule has 3 rings (SSSR count). The molecule has 154 valence electrons. The van der Waals surface area contributed by atoms with Crippen LogP contribution in [0.5, 0.6) is 11.5 Å². The smallest absolute Gasteiger partial charge is 0.339 e. The van der Waals surface area contributed by atoms with E-state index < -0.39 is 28.3 Å². The second kappa shape index (κ2) is 8.52. The summed E-state index contributed by atoms with van der Waals surface area (Å²) in [4.78, 5) is 24.3. The molecule has 0 unspecified atom stereocenters. The van der Waals surface area contributed by atoms with Crippen LogP contribution in [0.4, 0.5) is 0 Å². The molecule has 8 nitrogen and oxygen atoms in total. The van der Waals surface area contributed by atoms with E-state index in [-0.39, 0.29) is 16.5 Å². The second-order valence-corrected chi connectivity index (χ2v) is 8.52. The Morgan fingerprint density at radius 3 is 2.52 bits per heavy atom. The van der Waals surface area contributed by atoms with Crippen LogP contribution >= 0.6 is 0 Å². The van der Waals surface area contributed by atoms with Gasteiger partial charge in [-0.05, 0) is 36.8 Å². The van der Waals surface area contributed by atoms with Crippen LogP contribution in [-0.2, 0) is 19.4 Å². The average molecular weight is 419 g/mol. The van der Waals surface area contributed by atoms with Gasteiger partial charge in [-0.1, -0.05) is 18.2 Å². The summed E-state index contributed by atoms with van der Waals surface area (Å²) < 4.78 is 39.6. The number of benzene rings is 2. The molecule has 1 N–H and O–H groups in total. The summed E-state index contributed by atoms with van der Waals surface area (Å²) in [6.07, 6.45) is 1.00. The number of hydrogen-bond acceptors (Lipinski definition) is 7. The summed E-state index contributed by atoms with van der Waals surface area (Å²) in [6.45, 7) is 2.20. The van der Waals surface area contributed by atoms with E-state index in [1.807, 2.05) is 6.07 Å². The number of fused-ring (bicyclic) bond motifs is 1. The molecule has 0 aliphatic carbocycles. The molecule has 0 saturated heterocycles. The van der Waals surface area contributed by atoms with Gasteiger partial charge in [0.2, 0.25) is 0 Å². The van der Waals surface area contributed by atoms with Crippen molar-refractivity contribution < 1.29 is 32.2 Å². The molecule has 1 heterocycles. The first-order chi connectivity index (χ1) is 13.8. The number of ether oxygens (including phenoxy) is 3. The number of carbonyl (C=O) groups excluding carboxylic acids is 2. The molecule has 1 atom stereocenters. The van der Waals surface area contributed by atoms with Crippen LogP contribution in [0.25, 0.3) is 0 Å². The Hall–Kier alpha value is -3.07. The zero-order valence-corrected chi connectivity index (χ0v) is 16.8. The molecule has 1 amide bonds. The van der Waals surface area contributed by atoms with Gasteiger partial charge in [-0.25, -0.2) is 13.2 Å². The lowest BCUT2D eigenvalue weighted by atomic mass is 10.1. The molecule has 0 radical (unpaired) electrons. The van der Waals surface area contributed by atoms with E-state index in [0.717, 1.165) is 11.8 Å². The minimum Gasteiger partial charge on any atom is -0.486 e. The van der Waals surface area contributed by atoms with Gasteiger partial charge >= 0.3 is 5.97 Å². The van der Waals surface area contributed by atoms with Crippen molar-refractivity contribution in [3.63, 3.8) is 0 Å². The minimum absolute atomic E-state index is 0.109. The third-order valence-electron chi connectivity index (χ3n) is 4.28. The van der Waals surface area contributed by atoms with E-state index >= 15 is 0 Å². The molecule has 1 aliphatic heterocycles. The van der Waals surface area contributed by atoms with Crippen molar-refractivity contribution in [3.8, 4) is 11.5 Å². The molecule has 2 aromatic rings. The van der Waals surface area contributed by atoms with E-state index in [4.69, 9.17) is 14.2 Å². The molecule has 2 aromatic carbocycles. The van der Waals surface area contributed by atoms with Crippen LogP contribution < -0.4 is 14.8 Å². The summed E-state index contributed by atoms with van der Waals surface area (Å²) >= 11 is 0. The average Bonchev–Trinajstić information content (AvgIpc) is 2.71. The number of sulfone groups is 1. The van der Waals surface area contributed by atoms with Crippen molar-refractivity contribution in [2.45, 2.75) is 17.9 Å². The quantitative estimate of drug-likeness (QED) is 0.713. The van der Waals surface area contributed by atoms with Gasteiger partial charge in [0.25, 0.3) is 5.91 Å². The van der Waals surface area contributed by atoms with Crippen molar-refractivity contribution in [2.24, 2.45) is 0 Å². The fourth-order valence-corrected chi connectivity index (χ4v) is 3.74. The molecule has 9 heteroatoms. The maximum Gasteiger partial charge on any atom is 0.339 e. The Bertz CT molecular complexity index is 1030. The summed E-state index contributed by atoms with van der Waals surface area (Å²) in [7, 11) is -3.60. The topological polar surface area (TPSA) is 108 Å². The summed E-state index contributed by atoms with van der Waals surface area (Å²) in [6, 6.07) is 10.7. The molecule has 29 heavy (non-hydrogen) atoms. The Morgan fingerprint density at radius 1 is 1.10 bits per heavy atom. The van der Waals surface area contributed by atoms with E-state index in [1.54, 1.807) is 19.1 Å². The summed E-state index contributed by atoms with van der Waals surface area (Å²) in [5.41, 5.74) is 0.694. The van der Waals surface area contributed by atoms with Crippen LogP contribution in [0, 0.1) is 0 Å². The largest absolute Gasteiger partial charge is 0.486 e. The normalized spacial score (nSPS) is 14.0. The van der Waals surface area contributed by atoms with Crippen molar-refractivity contribution in [1.82, 2.24) is 5.32 Å². The van der Waals surface area contributed by atoms with Crippen LogP contribution in [-0.4, -0.2) is 46.4 Å². The van der Waals surface area contributed by atoms with Gasteiger partial charge in [-0.3, -0.25) is 4.79 Å². The standard InChI is InChI=1S/C20H21NO7S/c1-13(14-7-8-16-17(11-14)27-10-9-26-16)21-19(22)12-28-20(23)15-5-3-4-6-18(15)29(2,24)25/h3-8,11,13H,9-10,12H2,1-2H3,(H,21,22)/t13-/m1/s1. The highest BCUT2D eigenvalue weighted by Crippen LogP contribution is 2.32. The molecule has 0 spiro atoms. The molecule has 0 bridgehead atoms. The van der Waals surface area contributed by atoms with Crippen molar-refractivity contribution in [1.29, 1.82) is 0 Å². The number of amides is 1. The number of rotatable bonds is 6. The van der Waals surface area contributed by atoms with Crippen molar-refractivity contribution in [2.75, 3.05) is 26.1 Å². The molecular formula is C20H21NO7S. The first kappa shape index (κ1) is 20.7. The van der Waals surface area contributed by atoms with Crippen LogP contribution in [0.2, 0.25) is 0 Å². The Kier molecular flexibility index (Phi) is 6.07. The van der Waals surface area contributed by atoms with E-state index in [2.05, 4.69) is 5.32 Å². The van der Waals surface area contributed by atoms with Gasteiger partial charge in [0.05, 0.1) is 16.5 Å². The fraction of sp³-hybridized carbons (Fsp3) is 0.300. The van der Waals surface area contributed by atoms with Crippen LogP contribution in [0.3, 0.4) is 0 Å². The predicted molar refractivity (Wildman–Crippen MR) is 104 cm³/mol. The molecule has 0 fully saturated rings. The van der Waals surface area contributed by atoms with Gasteiger partial charge in [0, 0.05) is 6.26 Å². The Labute approximate surface area is 168 Å². The van der Waals surface area contributed by atoms with Gasteiger partial charge in [-0.2, -0.15) is 0 Å². The zero-order chi connectivity index (χ0) is 21.0. The maximum atomic E-state index is 12.2. The Morgan fingerprint density at radius 2 is 1.79 bits per heavy atom. The third-order valence-corrected chi connectivity index (χ3v) is 5.44. The summed E-state index contributed by atoms with van der Waals surface area (Å²) in [5, 5.41) is 2.72. The van der Waals surface area contributed by atoms with Gasteiger partial charge in [-0.15, -0.1) is 0 Å². The SMILES string of the molecule is C[C@@H](NC(=O)COC(=O)c1ccccc1S(C)(=O)=O)c1ccc2c(c1)OCCO2. The van der Waals surface area contributed by atoms with E-state index in [1.165, 1.54) is 24.3 Å². The number of nitrogens with one attached hydrogen (secondary N) is 1. The lowest BCUT2D eigenvalue weighted by Crippen LogP contribution is -2.31. The van der Waals surface area contributed by atoms with Gasteiger partial charge in [0.15, 0.2) is 27.9 Å². The van der Waals surface area contributed by atoms with E-state index in [0.29, 0.717) is 24.7 Å². The van der Waals surface area contributed by atoms with Gasteiger partial charge < -0.3 is 19.5 Å². The Balaban J connectivity index is 1.60. The lowest BCUT2D eigenvalue weighted by Gasteiger charge is -2.21. The van der Waals surface area contributed by atoms with Gasteiger partial charge in [0.1, 0.15) is 13.2 Å². The monoisotopic (exact) mass is 419 g/mol. The lowest BCUT2D eigenvalue weighted by molar-refractivity contribution is -0.124. The highest BCUT2D eigenvalue weighted by Gasteiger charge is 2.21. The van der Waals surface area contributed by atoms with Crippen LogP contribution in [0.15, 0.2) is 47.4 Å². The fourth-order valence-electron chi connectivity index (χ4n) is 2.86. The number of carbonyl (C=O) groups is 2. The molecule has 0 saturated carbocycles. The first-order valence-corrected chi connectivity index (χ1v) is 10.8. The maximum absolute atomic E-state index is 12.2.